The topological polar surface area (TPSA) is 109 Å². The Balaban J connectivity index is 0.000000662. The van der Waals surface area contributed by atoms with Gasteiger partial charge in [0.15, 0.2) is 0 Å². The molecule has 0 spiro atoms. The van der Waals surface area contributed by atoms with Crippen molar-refractivity contribution in [1.82, 2.24) is 15.7 Å². The molecule has 0 aliphatic carbocycles. The van der Waals surface area contributed by atoms with Crippen LogP contribution in [0.2, 0.25) is 0 Å². The lowest BCUT2D eigenvalue weighted by Crippen LogP contribution is -2.44. The number of amidine groups is 1. The fourth-order valence-corrected chi connectivity index (χ4v) is 4.38. The molecule has 2 saturated heterocycles. The number of nitroso groups, excluding NO2 is 1. The summed E-state index contributed by atoms with van der Waals surface area (Å²) in [6, 6.07) is 4.12. The Morgan fingerprint density at radius 3 is 2.47 bits per heavy atom. The van der Waals surface area contributed by atoms with Crippen molar-refractivity contribution < 1.29 is 9.47 Å². The maximum atomic E-state index is 10.7. The summed E-state index contributed by atoms with van der Waals surface area (Å²) >= 11 is 0. The zero-order valence-corrected chi connectivity index (χ0v) is 22.9. The second kappa shape index (κ2) is 16.4. The predicted octanol–water partition coefficient (Wildman–Crippen LogP) is 4.74. The molecule has 202 valence electrons. The largest absolute Gasteiger partial charge is 0.381 e. The second-order valence-corrected chi connectivity index (χ2v) is 9.44. The second-order valence-electron chi connectivity index (χ2n) is 9.44. The van der Waals surface area contributed by atoms with E-state index < -0.39 is 0 Å². The lowest BCUT2D eigenvalue weighted by molar-refractivity contribution is -0.0807. The highest BCUT2D eigenvalue weighted by molar-refractivity contribution is 5.99. The molecular formula is C27H46N6O3. The number of aromatic nitrogens is 1. The number of methoxy groups -OCH3 is 1. The highest BCUT2D eigenvalue weighted by Gasteiger charge is 2.32. The Hall–Kier alpha value is -2.36. The van der Waals surface area contributed by atoms with E-state index in [1.54, 1.807) is 14.2 Å². The van der Waals surface area contributed by atoms with Gasteiger partial charge in [0.25, 0.3) is 0 Å². The standard InChI is InChI=1S/C22H35N5O3.C5H11N/c1-6-16(3)18(14-20(23-4)26-27-28)21-17(7-2)8-9-19(25-21)24-15-22(29-5)10-12-30-13-11-22;1-2-4-6-5-3-1/h8-9,14,16H,6-7,10-13,15H2,1-5H3,(H,24,25)(H,23,26,28);6H,1-5H2/b18-14+;. The summed E-state index contributed by atoms with van der Waals surface area (Å²) in [7, 11) is 3.39. The molecule has 2 aliphatic heterocycles. The molecular weight excluding hydrogens is 456 g/mol. The Bertz CT molecular complexity index is 836. The van der Waals surface area contributed by atoms with Crippen molar-refractivity contribution in [3.05, 3.63) is 34.4 Å². The van der Waals surface area contributed by atoms with Crippen LogP contribution in [0.1, 0.15) is 70.6 Å². The van der Waals surface area contributed by atoms with Crippen molar-refractivity contribution in [1.29, 1.82) is 0 Å². The van der Waals surface area contributed by atoms with E-state index in [4.69, 9.17) is 14.5 Å². The summed E-state index contributed by atoms with van der Waals surface area (Å²) in [5.74, 6) is 1.46. The average molecular weight is 503 g/mol. The summed E-state index contributed by atoms with van der Waals surface area (Å²) in [4.78, 5) is 19.8. The minimum absolute atomic E-state index is 0.236. The van der Waals surface area contributed by atoms with Crippen molar-refractivity contribution in [2.24, 2.45) is 16.2 Å². The molecule has 3 rings (SSSR count). The third-order valence-electron chi connectivity index (χ3n) is 7.11. The first-order chi connectivity index (χ1) is 17.5. The number of piperidine rings is 1. The number of pyridine rings is 1. The fourth-order valence-electron chi connectivity index (χ4n) is 4.38. The summed E-state index contributed by atoms with van der Waals surface area (Å²) < 4.78 is 11.3. The number of aliphatic imine (C=N–C) groups is 1. The number of nitrogens with zero attached hydrogens (tertiary/aromatic N) is 3. The van der Waals surface area contributed by atoms with Crippen LogP contribution in [-0.4, -0.2) is 63.4 Å². The van der Waals surface area contributed by atoms with Crippen LogP contribution in [-0.2, 0) is 15.9 Å². The van der Waals surface area contributed by atoms with Gasteiger partial charge < -0.3 is 20.1 Å². The van der Waals surface area contributed by atoms with E-state index >= 15 is 0 Å². The van der Waals surface area contributed by atoms with Gasteiger partial charge in [-0.3, -0.25) is 4.99 Å². The first-order valence-corrected chi connectivity index (χ1v) is 13.4. The number of nitrogens with one attached hydrogen (secondary N) is 3. The van der Waals surface area contributed by atoms with Crippen LogP contribution in [0, 0.1) is 10.8 Å². The summed E-state index contributed by atoms with van der Waals surface area (Å²) in [6.45, 7) is 11.0. The van der Waals surface area contributed by atoms with E-state index in [0.717, 1.165) is 48.3 Å². The summed E-state index contributed by atoms with van der Waals surface area (Å²) in [6.07, 6.45) is 9.59. The minimum atomic E-state index is -0.236. The molecule has 36 heavy (non-hydrogen) atoms. The Morgan fingerprint density at radius 1 is 1.25 bits per heavy atom. The van der Waals surface area contributed by atoms with Crippen LogP contribution in [0.15, 0.2) is 28.5 Å². The molecule has 9 heteroatoms. The Kier molecular flexibility index (Phi) is 13.6. The van der Waals surface area contributed by atoms with E-state index in [-0.39, 0.29) is 11.5 Å². The van der Waals surface area contributed by atoms with Crippen molar-refractivity contribution >= 4 is 17.2 Å². The van der Waals surface area contributed by atoms with E-state index in [9.17, 15) is 4.91 Å². The number of aryl methyl sites for hydroxylation is 1. The lowest BCUT2D eigenvalue weighted by Gasteiger charge is -2.36. The maximum Gasteiger partial charge on any atom is 0.144 e. The monoisotopic (exact) mass is 502 g/mol. The molecule has 0 bridgehead atoms. The number of ether oxygens (including phenoxy) is 2. The molecule has 9 nitrogen and oxygen atoms in total. The first-order valence-electron chi connectivity index (χ1n) is 13.4. The maximum absolute atomic E-state index is 10.7. The van der Waals surface area contributed by atoms with Crippen LogP contribution in [0.5, 0.6) is 0 Å². The van der Waals surface area contributed by atoms with Gasteiger partial charge in [0.1, 0.15) is 11.7 Å². The number of hydrogen-bond donors (Lipinski definition) is 3. The van der Waals surface area contributed by atoms with Crippen molar-refractivity contribution in [3.63, 3.8) is 0 Å². The van der Waals surface area contributed by atoms with Crippen LogP contribution in [0.4, 0.5) is 5.82 Å². The zero-order chi connectivity index (χ0) is 26.2. The number of anilines is 1. The smallest absolute Gasteiger partial charge is 0.144 e. The molecule has 2 fully saturated rings. The van der Waals surface area contributed by atoms with Gasteiger partial charge in [-0.2, -0.15) is 0 Å². The van der Waals surface area contributed by atoms with E-state index in [0.29, 0.717) is 25.6 Å². The molecule has 1 unspecified atom stereocenters. The highest BCUT2D eigenvalue weighted by atomic mass is 16.5. The van der Waals surface area contributed by atoms with Crippen LogP contribution in [0.3, 0.4) is 0 Å². The molecule has 1 aromatic heterocycles. The molecule has 1 atom stereocenters. The fraction of sp³-hybridized carbons (Fsp3) is 0.704. The quantitative estimate of drug-likeness (QED) is 0.183. The third kappa shape index (κ3) is 9.26. The predicted molar refractivity (Wildman–Crippen MR) is 148 cm³/mol. The van der Waals surface area contributed by atoms with Gasteiger partial charge in [-0.05, 0) is 68.0 Å². The van der Waals surface area contributed by atoms with E-state index in [1.807, 2.05) is 12.1 Å². The molecule has 0 amide bonds. The van der Waals surface area contributed by atoms with Crippen molar-refractivity contribution in [2.45, 2.75) is 71.3 Å². The van der Waals surface area contributed by atoms with Gasteiger partial charge in [0, 0.05) is 46.8 Å². The van der Waals surface area contributed by atoms with Crippen molar-refractivity contribution in [2.75, 3.05) is 52.3 Å². The minimum Gasteiger partial charge on any atom is -0.381 e. The summed E-state index contributed by atoms with van der Waals surface area (Å²) in [5.41, 5.74) is 5.28. The number of allylic oxidation sites excluding steroid dienone is 1. The van der Waals surface area contributed by atoms with E-state index in [2.05, 4.69) is 53.2 Å². The molecule has 1 aromatic rings. The Morgan fingerprint density at radius 2 is 1.97 bits per heavy atom. The first kappa shape index (κ1) is 29.9. The number of hydrogen-bond acceptors (Lipinski definition) is 8. The van der Waals surface area contributed by atoms with E-state index in [1.165, 1.54) is 32.4 Å². The van der Waals surface area contributed by atoms with Gasteiger partial charge in [0.05, 0.1) is 16.6 Å². The van der Waals surface area contributed by atoms with Gasteiger partial charge in [0.2, 0.25) is 0 Å². The lowest BCUT2D eigenvalue weighted by atomic mass is 9.91. The van der Waals surface area contributed by atoms with Crippen LogP contribution >= 0.6 is 0 Å². The summed E-state index contributed by atoms with van der Waals surface area (Å²) in [5, 5.41) is 9.52. The molecule has 3 heterocycles. The SMILES string of the molecule is C1CCNCC1.CCc1ccc(NCC2(OC)CCOCC2)nc1/C(=C/C(=NC)NN=O)C(C)CC. The van der Waals surface area contributed by atoms with Crippen LogP contribution in [0.25, 0.3) is 5.57 Å². The molecule has 2 aliphatic rings. The molecule has 0 aromatic carbocycles. The van der Waals surface area contributed by atoms with Gasteiger partial charge in [-0.25, -0.2) is 10.4 Å². The Labute approximate surface area is 216 Å². The highest BCUT2D eigenvalue weighted by Crippen LogP contribution is 2.30. The molecule has 0 saturated carbocycles. The average Bonchev–Trinajstić information content (AvgIpc) is 2.95. The molecule has 0 radical (unpaired) electrons. The zero-order valence-electron chi connectivity index (χ0n) is 22.9. The third-order valence-corrected chi connectivity index (χ3v) is 7.11. The van der Waals surface area contributed by atoms with Gasteiger partial charge in [-0.15, -0.1) is 4.91 Å². The normalized spacial score (nSPS) is 19.0. The van der Waals surface area contributed by atoms with Gasteiger partial charge >= 0.3 is 0 Å². The molecule has 3 N–H and O–H groups in total. The van der Waals surface area contributed by atoms with Crippen LogP contribution < -0.4 is 16.1 Å². The van der Waals surface area contributed by atoms with Gasteiger partial charge in [-0.1, -0.05) is 33.3 Å². The van der Waals surface area contributed by atoms with Crippen molar-refractivity contribution in [3.8, 4) is 0 Å². The number of rotatable bonds is 10.